The minimum absolute atomic E-state index is 0.0196. The Balaban J connectivity index is 1.45. The first-order chi connectivity index (χ1) is 19.7. The molecule has 2 aliphatic heterocycles. The number of nitrogens with zero attached hydrogens (tertiary/aromatic N) is 4. The molecule has 0 aliphatic carbocycles. The quantitative estimate of drug-likeness (QED) is 0.164. The number of carbonyl (C=O) groups excluding carboxylic acids is 2. The number of hydrogen-bond donors (Lipinski definition) is 4. The monoisotopic (exact) mass is 598 g/mol. The van der Waals surface area contributed by atoms with Gasteiger partial charge in [0.15, 0.2) is 0 Å². The van der Waals surface area contributed by atoms with Gasteiger partial charge in [-0.15, -0.1) is 4.99 Å². The van der Waals surface area contributed by atoms with Crippen molar-refractivity contribution in [3.8, 4) is 11.9 Å². The van der Waals surface area contributed by atoms with Crippen LogP contribution in [0, 0.1) is 11.5 Å². The minimum Gasteiger partial charge on any atom is -0.507 e. The minimum atomic E-state index is -1.36. The van der Waals surface area contributed by atoms with Crippen LogP contribution in [0.4, 0.5) is 0 Å². The fourth-order valence-corrected chi connectivity index (χ4v) is 5.53. The third-order valence-electron chi connectivity index (χ3n) is 6.91. The van der Waals surface area contributed by atoms with Gasteiger partial charge in [-0.25, -0.2) is 4.79 Å². The van der Waals surface area contributed by atoms with Crippen molar-refractivity contribution in [2.75, 3.05) is 26.2 Å². The number of fused-ring (bicyclic) bond motifs is 1. The lowest BCUT2D eigenvalue weighted by Gasteiger charge is -2.30. The summed E-state index contributed by atoms with van der Waals surface area (Å²) in [7, 11) is 0. The molecule has 1 saturated heterocycles. The van der Waals surface area contributed by atoms with Gasteiger partial charge in [0.2, 0.25) is 18.1 Å². The summed E-state index contributed by atoms with van der Waals surface area (Å²) in [4.78, 5) is 45.1. The number of guanidine groups is 1. The largest absolute Gasteiger partial charge is 0.507 e. The van der Waals surface area contributed by atoms with Gasteiger partial charge in [-0.3, -0.25) is 9.59 Å². The first-order valence-corrected chi connectivity index (χ1v) is 13.7. The number of aliphatic carboxylic acids is 1. The summed E-state index contributed by atoms with van der Waals surface area (Å²) in [5, 5.41) is 34.1. The van der Waals surface area contributed by atoms with Crippen LogP contribution in [0.25, 0.3) is 6.08 Å². The van der Waals surface area contributed by atoms with E-state index in [9.17, 15) is 24.6 Å². The molecule has 2 aliphatic rings. The number of likely N-dealkylation sites (tertiary alicyclic amines) is 1. The van der Waals surface area contributed by atoms with Crippen molar-refractivity contribution >= 4 is 53.0 Å². The lowest BCUT2D eigenvalue weighted by Crippen LogP contribution is -2.51. The number of aliphatic imine (C=N–C) groups is 1. The zero-order valence-corrected chi connectivity index (χ0v) is 23.5. The van der Waals surface area contributed by atoms with Crippen LogP contribution in [0.1, 0.15) is 39.9 Å². The fraction of sp³-hybridized carbons (Fsp3) is 0.321. The van der Waals surface area contributed by atoms with Crippen LogP contribution < -0.4 is 10.6 Å². The third kappa shape index (κ3) is 7.09. The number of halogens is 2. The van der Waals surface area contributed by atoms with Gasteiger partial charge in [-0.2, -0.15) is 5.26 Å². The average molecular weight is 599 g/mol. The summed E-state index contributed by atoms with van der Waals surface area (Å²) >= 11 is 13.1. The maximum absolute atomic E-state index is 13.2. The predicted octanol–water partition coefficient (Wildman–Crippen LogP) is 3.00. The van der Waals surface area contributed by atoms with Gasteiger partial charge in [-0.1, -0.05) is 41.4 Å². The molecule has 0 spiro atoms. The second-order valence-corrected chi connectivity index (χ2v) is 10.3. The maximum atomic E-state index is 13.2. The highest BCUT2D eigenvalue weighted by Gasteiger charge is 2.29. The summed E-state index contributed by atoms with van der Waals surface area (Å²) in [5.74, 6) is -2.00. The van der Waals surface area contributed by atoms with E-state index >= 15 is 0 Å². The van der Waals surface area contributed by atoms with E-state index in [0.717, 1.165) is 12.8 Å². The van der Waals surface area contributed by atoms with Gasteiger partial charge >= 0.3 is 5.97 Å². The van der Waals surface area contributed by atoms with Crippen LogP contribution in [-0.2, 0) is 22.6 Å². The van der Waals surface area contributed by atoms with Crippen LogP contribution >= 0.6 is 23.2 Å². The Bertz CT molecular complexity index is 1450. The Morgan fingerprint density at radius 3 is 2.56 bits per heavy atom. The second-order valence-electron chi connectivity index (χ2n) is 9.56. The number of benzene rings is 2. The molecule has 1 atom stereocenters. The summed E-state index contributed by atoms with van der Waals surface area (Å²) < 4.78 is 0. The molecule has 0 unspecified atom stereocenters. The van der Waals surface area contributed by atoms with Crippen molar-refractivity contribution in [1.82, 2.24) is 20.4 Å². The highest BCUT2D eigenvalue weighted by atomic mass is 35.5. The molecule has 4 rings (SSSR count). The van der Waals surface area contributed by atoms with E-state index in [-0.39, 0.29) is 46.3 Å². The molecule has 0 radical (unpaired) electrons. The van der Waals surface area contributed by atoms with Crippen molar-refractivity contribution in [3.63, 3.8) is 0 Å². The molecule has 214 valence electrons. The Morgan fingerprint density at radius 1 is 1.15 bits per heavy atom. The normalized spacial score (nSPS) is 15.8. The molecule has 13 heteroatoms. The molecule has 41 heavy (non-hydrogen) atoms. The molecule has 2 aromatic rings. The third-order valence-corrected chi connectivity index (χ3v) is 7.63. The van der Waals surface area contributed by atoms with E-state index in [1.165, 1.54) is 18.2 Å². The molecule has 2 amide bonds. The number of nitriles is 1. The maximum Gasteiger partial charge on any atom is 0.328 e. The Kier molecular flexibility index (Phi) is 9.70. The zero-order valence-electron chi connectivity index (χ0n) is 21.9. The summed E-state index contributed by atoms with van der Waals surface area (Å²) in [6.45, 7) is 1.70. The van der Waals surface area contributed by atoms with Crippen molar-refractivity contribution in [1.29, 1.82) is 5.26 Å². The van der Waals surface area contributed by atoms with E-state index in [4.69, 9.17) is 28.5 Å². The van der Waals surface area contributed by atoms with E-state index < -0.39 is 17.9 Å². The number of phenolic OH excluding ortho intramolecular Hbond substituents is 1. The Labute approximate surface area is 246 Å². The molecule has 0 aromatic heterocycles. The van der Waals surface area contributed by atoms with Crippen LogP contribution in [0.2, 0.25) is 10.0 Å². The molecular formula is C28H28Cl2N6O5. The summed E-state index contributed by atoms with van der Waals surface area (Å²) in [6, 6.07) is 6.86. The first kappa shape index (κ1) is 29.7. The predicted molar refractivity (Wildman–Crippen MR) is 153 cm³/mol. The topological polar surface area (TPSA) is 158 Å². The highest BCUT2D eigenvalue weighted by Crippen LogP contribution is 2.35. The summed E-state index contributed by atoms with van der Waals surface area (Å²) in [5.41, 5.74) is 1.78. The van der Waals surface area contributed by atoms with Crippen LogP contribution in [0.15, 0.2) is 41.4 Å². The molecular weight excluding hydrogens is 571 g/mol. The number of amides is 2. The van der Waals surface area contributed by atoms with Gasteiger partial charge in [0.05, 0.1) is 15.6 Å². The molecule has 4 N–H and O–H groups in total. The Hall–Kier alpha value is -4.27. The molecule has 0 saturated carbocycles. The van der Waals surface area contributed by atoms with Gasteiger partial charge in [0, 0.05) is 44.4 Å². The number of aromatic hydroxyl groups is 1. The van der Waals surface area contributed by atoms with Crippen molar-refractivity contribution < 1.29 is 24.6 Å². The van der Waals surface area contributed by atoms with E-state index in [2.05, 4.69) is 15.6 Å². The van der Waals surface area contributed by atoms with Crippen molar-refractivity contribution in [2.45, 2.75) is 31.8 Å². The number of carboxylic acid groups (broad SMARTS) is 1. The van der Waals surface area contributed by atoms with E-state index in [0.29, 0.717) is 42.7 Å². The van der Waals surface area contributed by atoms with Crippen LogP contribution in [0.3, 0.4) is 0 Å². The lowest BCUT2D eigenvalue weighted by atomic mass is 9.96. The Morgan fingerprint density at radius 2 is 1.88 bits per heavy atom. The van der Waals surface area contributed by atoms with Crippen molar-refractivity contribution in [2.24, 2.45) is 4.99 Å². The molecule has 2 aromatic carbocycles. The average Bonchev–Trinajstić information content (AvgIpc) is 3.48. The lowest BCUT2D eigenvalue weighted by molar-refractivity contribution is -0.139. The fourth-order valence-electron chi connectivity index (χ4n) is 4.77. The molecule has 2 heterocycles. The molecule has 0 bridgehead atoms. The second kappa shape index (κ2) is 13.4. The summed E-state index contributed by atoms with van der Waals surface area (Å²) in [6.07, 6.45) is 6.84. The number of carboxylic acids is 1. The van der Waals surface area contributed by atoms with Gasteiger partial charge in [0.25, 0.3) is 5.91 Å². The SMILES string of the molecule is N#C/N=C(/NC[C@H](NC(=O)c1c(Cl)cc2c(c1Cl)CCN(C(=O)/C=C/c1ccccc1O)C2)C(=O)O)N1CCCC1. The zero-order chi connectivity index (χ0) is 29.5. The van der Waals surface area contributed by atoms with E-state index in [1.807, 2.05) is 4.90 Å². The molecule has 11 nitrogen and oxygen atoms in total. The highest BCUT2D eigenvalue weighted by molar-refractivity contribution is 6.40. The number of rotatable bonds is 7. The number of hydrogen-bond acceptors (Lipinski definition) is 6. The number of carbonyl (C=O) groups is 3. The number of para-hydroxylation sites is 1. The van der Waals surface area contributed by atoms with Crippen LogP contribution in [-0.4, -0.2) is 76.0 Å². The molecule has 1 fully saturated rings. The van der Waals surface area contributed by atoms with E-state index in [1.54, 1.807) is 35.4 Å². The van der Waals surface area contributed by atoms with Gasteiger partial charge in [-0.05, 0) is 48.6 Å². The smallest absolute Gasteiger partial charge is 0.328 e. The van der Waals surface area contributed by atoms with Gasteiger partial charge in [0.1, 0.15) is 11.8 Å². The number of nitrogens with one attached hydrogen (secondary N) is 2. The van der Waals surface area contributed by atoms with Crippen molar-refractivity contribution in [3.05, 3.63) is 68.7 Å². The first-order valence-electron chi connectivity index (χ1n) is 12.9. The van der Waals surface area contributed by atoms with Gasteiger partial charge < -0.3 is 30.6 Å². The standard InChI is InChI=1S/C28H28Cl2N6O5/c29-20-13-18-15-36(23(38)8-7-17-5-1-2-6-22(17)37)12-9-19(18)25(30)24(20)26(39)34-21(27(40)41)14-32-28(33-16-31)35-10-3-4-11-35/h1-2,5-8,13,21,37H,3-4,9-12,14-15H2,(H,32,33)(H,34,39)(H,40,41)/b8-7+/t21-/m0/s1. The van der Waals surface area contributed by atoms with Crippen LogP contribution in [0.5, 0.6) is 5.75 Å². The number of phenols is 1.